The Labute approximate surface area is 151 Å². The Kier molecular flexibility index (Phi) is 3.29. The van der Waals surface area contributed by atoms with Crippen LogP contribution in [-0.4, -0.2) is 25.5 Å². The number of anilines is 1. The molecule has 132 valence electrons. The SMILES string of the molecule is Cn1cc(Cl)c(C(=O)Nc2ccn(C34CC5CC(CC(C5)C3)C4)n2)n1. The highest BCUT2D eigenvalue weighted by Crippen LogP contribution is 2.58. The maximum Gasteiger partial charge on any atom is 0.278 e. The minimum absolute atomic E-state index is 0.167. The summed E-state index contributed by atoms with van der Waals surface area (Å²) in [6.07, 6.45) is 11.6. The Balaban J connectivity index is 1.37. The van der Waals surface area contributed by atoms with Crippen molar-refractivity contribution in [2.24, 2.45) is 24.8 Å². The van der Waals surface area contributed by atoms with E-state index in [9.17, 15) is 4.79 Å². The first-order chi connectivity index (χ1) is 12.0. The number of hydrogen-bond donors (Lipinski definition) is 1. The topological polar surface area (TPSA) is 64.7 Å². The van der Waals surface area contributed by atoms with E-state index in [1.54, 1.807) is 13.2 Å². The standard InChI is InChI=1S/C18H22ClN5O/c1-23-10-14(19)16(22-23)17(25)20-15-2-3-24(21-15)18-7-11-4-12(8-18)6-13(5-11)9-18/h2-3,10-13H,4-9H2,1H3,(H,20,21,25). The quantitative estimate of drug-likeness (QED) is 0.912. The molecule has 4 bridgehead atoms. The first-order valence-corrected chi connectivity index (χ1v) is 9.45. The van der Waals surface area contributed by atoms with E-state index in [4.69, 9.17) is 16.7 Å². The van der Waals surface area contributed by atoms with Crippen LogP contribution in [0.25, 0.3) is 0 Å². The molecule has 0 spiro atoms. The monoisotopic (exact) mass is 359 g/mol. The van der Waals surface area contributed by atoms with Crippen molar-refractivity contribution in [2.75, 3.05) is 5.32 Å². The molecule has 0 atom stereocenters. The van der Waals surface area contributed by atoms with E-state index in [-0.39, 0.29) is 17.1 Å². The van der Waals surface area contributed by atoms with Crippen molar-refractivity contribution in [2.45, 2.75) is 44.1 Å². The van der Waals surface area contributed by atoms with Gasteiger partial charge < -0.3 is 5.32 Å². The van der Waals surface area contributed by atoms with Crippen LogP contribution in [0.5, 0.6) is 0 Å². The van der Waals surface area contributed by atoms with Gasteiger partial charge in [0, 0.05) is 25.5 Å². The van der Waals surface area contributed by atoms with Crippen LogP contribution in [0.4, 0.5) is 5.82 Å². The highest BCUT2D eigenvalue weighted by atomic mass is 35.5. The van der Waals surface area contributed by atoms with Crippen molar-refractivity contribution in [1.29, 1.82) is 0 Å². The lowest BCUT2D eigenvalue weighted by molar-refractivity contribution is -0.0492. The fourth-order valence-corrected chi connectivity index (χ4v) is 6.05. The summed E-state index contributed by atoms with van der Waals surface area (Å²) in [5.74, 6) is 2.84. The zero-order valence-corrected chi connectivity index (χ0v) is 15.0. The van der Waals surface area contributed by atoms with Crippen LogP contribution < -0.4 is 5.32 Å². The molecule has 4 aliphatic rings. The first-order valence-electron chi connectivity index (χ1n) is 9.07. The summed E-state index contributed by atoms with van der Waals surface area (Å²) in [6.45, 7) is 0. The molecule has 4 saturated carbocycles. The zero-order chi connectivity index (χ0) is 17.2. The number of nitrogens with one attached hydrogen (secondary N) is 1. The Morgan fingerprint density at radius 3 is 2.40 bits per heavy atom. The summed E-state index contributed by atoms with van der Waals surface area (Å²) in [7, 11) is 1.74. The number of nitrogens with zero attached hydrogens (tertiary/aromatic N) is 4. The third-order valence-corrected chi connectivity index (χ3v) is 6.60. The molecule has 1 N–H and O–H groups in total. The van der Waals surface area contributed by atoms with Crippen LogP contribution in [0, 0.1) is 17.8 Å². The highest BCUT2D eigenvalue weighted by Gasteiger charge is 2.52. The molecule has 25 heavy (non-hydrogen) atoms. The minimum Gasteiger partial charge on any atom is -0.304 e. The largest absolute Gasteiger partial charge is 0.304 e. The summed E-state index contributed by atoms with van der Waals surface area (Å²) in [5, 5.41) is 12.0. The third-order valence-electron chi connectivity index (χ3n) is 6.32. The van der Waals surface area contributed by atoms with Gasteiger partial charge in [-0.15, -0.1) is 0 Å². The number of aryl methyl sites for hydroxylation is 1. The number of halogens is 1. The van der Waals surface area contributed by atoms with Crippen molar-refractivity contribution >= 4 is 23.3 Å². The molecular formula is C18H22ClN5O. The van der Waals surface area contributed by atoms with Crippen LogP contribution in [0.15, 0.2) is 18.5 Å². The Bertz CT molecular complexity index is 803. The van der Waals surface area contributed by atoms with E-state index in [1.165, 1.54) is 43.2 Å². The van der Waals surface area contributed by atoms with Gasteiger partial charge in [0.25, 0.3) is 5.91 Å². The van der Waals surface area contributed by atoms with E-state index in [0.29, 0.717) is 10.8 Å². The summed E-state index contributed by atoms with van der Waals surface area (Å²) in [6, 6.07) is 1.88. The Morgan fingerprint density at radius 1 is 1.20 bits per heavy atom. The van der Waals surface area contributed by atoms with Gasteiger partial charge in [-0.05, 0) is 56.3 Å². The van der Waals surface area contributed by atoms with Gasteiger partial charge in [-0.25, -0.2) is 0 Å². The molecule has 4 fully saturated rings. The minimum atomic E-state index is -0.318. The molecule has 2 aromatic rings. The van der Waals surface area contributed by atoms with Gasteiger partial charge in [0.2, 0.25) is 0 Å². The predicted octanol–water partition coefficient (Wildman–Crippen LogP) is 3.45. The van der Waals surface area contributed by atoms with E-state index in [0.717, 1.165) is 17.8 Å². The van der Waals surface area contributed by atoms with Crippen molar-refractivity contribution in [3.63, 3.8) is 0 Å². The smallest absolute Gasteiger partial charge is 0.278 e. The summed E-state index contributed by atoms with van der Waals surface area (Å²) in [5.41, 5.74) is 0.397. The van der Waals surface area contributed by atoms with E-state index in [1.807, 2.05) is 12.3 Å². The lowest BCUT2D eigenvalue weighted by atomic mass is 9.53. The Hall–Kier alpha value is -1.82. The molecule has 7 heteroatoms. The molecule has 4 aliphatic carbocycles. The molecule has 1 amide bonds. The van der Waals surface area contributed by atoms with Crippen molar-refractivity contribution in [1.82, 2.24) is 19.6 Å². The molecule has 2 aromatic heterocycles. The zero-order valence-electron chi connectivity index (χ0n) is 14.3. The fourth-order valence-electron chi connectivity index (χ4n) is 5.79. The number of rotatable bonds is 3. The van der Waals surface area contributed by atoms with E-state index < -0.39 is 0 Å². The molecule has 6 nitrogen and oxygen atoms in total. The molecule has 6 rings (SSSR count). The fraction of sp³-hybridized carbons (Fsp3) is 0.611. The van der Waals surface area contributed by atoms with Gasteiger partial charge in [-0.2, -0.15) is 10.2 Å². The van der Waals surface area contributed by atoms with E-state index >= 15 is 0 Å². The van der Waals surface area contributed by atoms with Crippen LogP contribution >= 0.6 is 11.6 Å². The summed E-state index contributed by atoms with van der Waals surface area (Å²) >= 11 is 6.05. The molecule has 0 saturated heterocycles. The van der Waals surface area contributed by atoms with Gasteiger partial charge >= 0.3 is 0 Å². The maximum absolute atomic E-state index is 12.4. The molecule has 0 radical (unpaired) electrons. The Morgan fingerprint density at radius 2 is 1.84 bits per heavy atom. The molecule has 0 unspecified atom stereocenters. The predicted molar refractivity (Wildman–Crippen MR) is 94.5 cm³/mol. The van der Waals surface area contributed by atoms with Crippen molar-refractivity contribution in [3.05, 3.63) is 29.2 Å². The van der Waals surface area contributed by atoms with Gasteiger partial charge in [-0.1, -0.05) is 11.6 Å². The van der Waals surface area contributed by atoms with Gasteiger partial charge in [0.15, 0.2) is 11.5 Å². The molecule has 0 aromatic carbocycles. The number of carbonyl (C=O) groups excluding carboxylic acids is 1. The van der Waals surface area contributed by atoms with Gasteiger partial charge in [0.1, 0.15) is 0 Å². The molecule has 0 aliphatic heterocycles. The lowest BCUT2D eigenvalue weighted by Crippen LogP contribution is -2.52. The van der Waals surface area contributed by atoms with Crippen molar-refractivity contribution in [3.8, 4) is 0 Å². The van der Waals surface area contributed by atoms with E-state index in [2.05, 4.69) is 15.1 Å². The number of aromatic nitrogens is 4. The van der Waals surface area contributed by atoms with Crippen LogP contribution in [-0.2, 0) is 12.6 Å². The van der Waals surface area contributed by atoms with Crippen LogP contribution in [0.2, 0.25) is 5.02 Å². The highest BCUT2D eigenvalue weighted by molar-refractivity contribution is 6.34. The lowest BCUT2D eigenvalue weighted by Gasteiger charge is -2.56. The third kappa shape index (κ3) is 2.49. The molecule has 2 heterocycles. The average Bonchev–Trinajstić information content (AvgIpc) is 3.12. The van der Waals surface area contributed by atoms with Crippen molar-refractivity contribution < 1.29 is 4.79 Å². The van der Waals surface area contributed by atoms with Gasteiger partial charge in [0.05, 0.1) is 10.6 Å². The number of hydrogen-bond acceptors (Lipinski definition) is 3. The molecular weight excluding hydrogens is 338 g/mol. The summed E-state index contributed by atoms with van der Waals surface area (Å²) in [4.78, 5) is 12.4. The second-order valence-electron chi connectivity index (χ2n) is 8.24. The number of amides is 1. The second-order valence-corrected chi connectivity index (χ2v) is 8.65. The van der Waals surface area contributed by atoms with Gasteiger partial charge in [-0.3, -0.25) is 14.2 Å². The second kappa shape index (κ2) is 5.34. The number of carbonyl (C=O) groups is 1. The normalized spacial score (nSPS) is 33.0. The first kappa shape index (κ1) is 15.4. The summed E-state index contributed by atoms with van der Waals surface area (Å²) < 4.78 is 3.67. The average molecular weight is 360 g/mol. The van der Waals surface area contributed by atoms with Crippen LogP contribution in [0.3, 0.4) is 0 Å². The maximum atomic E-state index is 12.4. The van der Waals surface area contributed by atoms with Crippen LogP contribution in [0.1, 0.15) is 49.0 Å².